The SMILES string of the molecule is COc1cc2c(cc1OC)C1C(=O)c3c(O)cc4c(c3OC1CO2)C=CC(C)(C)O4.O=C(CC[N+](=O)[O-])OCC1OC(O)C(OC(=O)CC[N+](=O)[O-])C(OC(=O)CC[N+](=O)[O-])C1OC(=O)CC[N+](=O)[O-]. The normalized spacial score (nSPS) is 22.1. The van der Waals surface area contributed by atoms with Crippen LogP contribution in [0.4, 0.5) is 0 Å². The molecule has 2 N–H and O–H groups in total. The molecule has 0 spiro atoms. The molecule has 7 atom stereocenters. The summed E-state index contributed by atoms with van der Waals surface area (Å²) in [5.74, 6) is -3.72. The fraction of sp³-hybridized carbons (Fsp3) is 0.537. The van der Waals surface area contributed by atoms with E-state index in [1.54, 1.807) is 19.2 Å². The lowest BCUT2D eigenvalue weighted by molar-refractivity contribution is -0.479. The summed E-state index contributed by atoms with van der Waals surface area (Å²) in [5, 5.41) is 63.4. The molecule has 70 heavy (non-hydrogen) atoms. The fourth-order valence-electron chi connectivity index (χ4n) is 7.31. The van der Waals surface area contributed by atoms with Gasteiger partial charge in [0, 0.05) is 37.4 Å². The van der Waals surface area contributed by atoms with Crippen LogP contribution in [0.15, 0.2) is 24.3 Å². The molecule has 6 rings (SSSR count). The van der Waals surface area contributed by atoms with Crippen molar-refractivity contribution in [3.63, 3.8) is 0 Å². The average molecular weight is 995 g/mol. The summed E-state index contributed by atoms with van der Waals surface area (Å²) in [6.45, 7) is -0.435. The molecule has 29 nitrogen and oxygen atoms in total. The summed E-state index contributed by atoms with van der Waals surface area (Å²) in [7, 11) is 3.07. The molecule has 0 bridgehead atoms. The molecule has 1 fully saturated rings. The highest BCUT2D eigenvalue weighted by molar-refractivity contribution is 6.08. The number of hydrogen-bond acceptors (Lipinski definition) is 25. The van der Waals surface area contributed by atoms with Crippen LogP contribution in [0, 0.1) is 40.5 Å². The minimum atomic E-state index is -2.22. The predicted molar refractivity (Wildman–Crippen MR) is 226 cm³/mol. The number of phenolic OH excluding ortho intramolecular Hbond substituents is 1. The van der Waals surface area contributed by atoms with Crippen LogP contribution in [0.3, 0.4) is 0 Å². The van der Waals surface area contributed by atoms with Crippen molar-refractivity contribution in [3.05, 3.63) is 81.4 Å². The van der Waals surface area contributed by atoms with Gasteiger partial charge in [-0.05, 0) is 32.1 Å². The first-order valence-electron chi connectivity index (χ1n) is 20.9. The first-order chi connectivity index (χ1) is 33.0. The van der Waals surface area contributed by atoms with E-state index in [1.807, 2.05) is 26.0 Å². The lowest BCUT2D eigenvalue weighted by Gasteiger charge is -2.42. The van der Waals surface area contributed by atoms with E-state index in [9.17, 15) is 74.6 Å². The minimum Gasteiger partial charge on any atom is -0.507 e. The quantitative estimate of drug-likeness (QED) is 0.0868. The number of aliphatic hydroxyl groups is 1. The van der Waals surface area contributed by atoms with Crippen molar-refractivity contribution < 1.29 is 101 Å². The van der Waals surface area contributed by atoms with Crippen molar-refractivity contribution in [1.29, 1.82) is 0 Å². The number of phenols is 1. The van der Waals surface area contributed by atoms with Crippen LogP contribution >= 0.6 is 0 Å². The summed E-state index contributed by atoms with van der Waals surface area (Å²) in [6.07, 6.45) is -9.94. The monoisotopic (exact) mass is 994 g/mol. The standard InChI is InChI=1S/C23H22O7.C18H24N4O18/c1-23(2)6-5-11-15(30-23)8-13(24)20-21(25)19-12-7-16(26-3)17(27-4)9-14(12)28-10-18(19)29-22(11)20;23-11(1-5-19(28)29)36-9-10-15(38-12(24)2-6-20(30)31)16(39-13(25)3-7-21(32)33)17(18(27)37-10)40-14(26)4-8-22(34)35/h5-9,18-19,24H,10H2,1-4H3;10,15-18,27H,1-9H2. The third kappa shape index (κ3) is 13.4. The van der Waals surface area contributed by atoms with Crippen LogP contribution in [0.1, 0.15) is 66.9 Å². The second-order valence-corrected chi connectivity index (χ2v) is 15.9. The molecule has 2 aromatic rings. The molecule has 0 radical (unpaired) electrons. The first kappa shape index (κ1) is 53.0. The average Bonchev–Trinajstić information content (AvgIpc) is 3.29. The molecule has 4 heterocycles. The van der Waals surface area contributed by atoms with E-state index in [1.165, 1.54) is 13.2 Å². The van der Waals surface area contributed by atoms with Crippen molar-refractivity contribution in [2.24, 2.45) is 0 Å². The smallest absolute Gasteiger partial charge is 0.313 e. The summed E-state index contributed by atoms with van der Waals surface area (Å²) >= 11 is 0. The Bertz CT molecular complexity index is 2420. The Kier molecular flexibility index (Phi) is 17.3. The summed E-state index contributed by atoms with van der Waals surface area (Å²) in [4.78, 5) is 101. The third-order valence-corrected chi connectivity index (χ3v) is 10.5. The van der Waals surface area contributed by atoms with Crippen molar-refractivity contribution in [1.82, 2.24) is 0 Å². The van der Waals surface area contributed by atoms with Gasteiger partial charge in [-0.15, -0.1) is 0 Å². The molecule has 0 aromatic heterocycles. The zero-order chi connectivity index (χ0) is 51.6. The maximum atomic E-state index is 13.6. The Morgan fingerprint density at radius 3 is 1.80 bits per heavy atom. The zero-order valence-corrected chi connectivity index (χ0v) is 37.6. The lowest BCUT2D eigenvalue weighted by Crippen LogP contribution is -2.62. The summed E-state index contributed by atoms with van der Waals surface area (Å²) in [6, 6.07) is 4.92. The molecule has 0 saturated carbocycles. The van der Waals surface area contributed by atoms with Gasteiger partial charge < -0.3 is 57.6 Å². The highest BCUT2D eigenvalue weighted by Crippen LogP contribution is 2.52. The van der Waals surface area contributed by atoms with Crippen molar-refractivity contribution in [2.45, 2.75) is 87.9 Å². The van der Waals surface area contributed by atoms with E-state index >= 15 is 0 Å². The third-order valence-electron chi connectivity index (χ3n) is 10.5. The van der Waals surface area contributed by atoms with Crippen molar-refractivity contribution >= 4 is 35.7 Å². The van der Waals surface area contributed by atoms with E-state index in [2.05, 4.69) is 0 Å². The summed E-state index contributed by atoms with van der Waals surface area (Å²) < 4.78 is 53.9. The van der Waals surface area contributed by atoms with Crippen molar-refractivity contribution in [3.8, 4) is 34.5 Å². The van der Waals surface area contributed by atoms with Crippen LogP contribution in [0.2, 0.25) is 0 Å². The number of hydrogen-bond donors (Lipinski definition) is 2. The molecule has 380 valence electrons. The number of esters is 4. The zero-order valence-electron chi connectivity index (χ0n) is 37.6. The van der Waals surface area contributed by atoms with Gasteiger partial charge in [-0.2, -0.15) is 0 Å². The van der Waals surface area contributed by atoms with E-state index in [4.69, 9.17) is 47.4 Å². The van der Waals surface area contributed by atoms with E-state index in [-0.39, 0.29) is 23.7 Å². The lowest BCUT2D eigenvalue weighted by atomic mass is 9.80. The summed E-state index contributed by atoms with van der Waals surface area (Å²) in [5.41, 5.74) is 0.930. The Morgan fingerprint density at radius 2 is 1.26 bits per heavy atom. The highest BCUT2D eigenvalue weighted by Gasteiger charge is 2.53. The van der Waals surface area contributed by atoms with Gasteiger partial charge in [0.1, 0.15) is 85.3 Å². The van der Waals surface area contributed by atoms with E-state index in [0.717, 1.165) is 0 Å². The topological polar surface area (TPSA) is 391 Å². The number of ketones is 1. The molecule has 0 aliphatic carbocycles. The highest BCUT2D eigenvalue weighted by atomic mass is 16.7. The van der Waals surface area contributed by atoms with Gasteiger partial charge in [-0.1, -0.05) is 0 Å². The molecule has 1 saturated heterocycles. The number of aliphatic hydroxyl groups excluding tert-OH is 1. The van der Waals surface area contributed by atoms with Gasteiger partial charge >= 0.3 is 23.9 Å². The van der Waals surface area contributed by atoms with Crippen LogP contribution in [-0.2, 0) is 42.9 Å². The number of carbonyl (C=O) groups excluding carboxylic acids is 5. The molecule has 4 aliphatic heterocycles. The Morgan fingerprint density at radius 1 is 0.743 bits per heavy atom. The van der Waals surface area contributed by atoms with Gasteiger partial charge in [0.15, 0.2) is 41.9 Å². The van der Waals surface area contributed by atoms with E-state index in [0.29, 0.717) is 39.9 Å². The second-order valence-electron chi connectivity index (χ2n) is 15.9. The number of fused-ring (bicyclic) bond motifs is 6. The van der Waals surface area contributed by atoms with Crippen molar-refractivity contribution in [2.75, 3.05) is 53.6 Å². The fourth-order valence-corrected chi connectivity index (χ4v) is 7.31. The number of methoxy groups -OCH3 is 2. The van der Waals surface area contributed by atoms with Crippen LogP contribution < -0.4 is 23.7 Å². The first-order valence-corrected chi connectivity index (χ1v) is 20.9. The minimum absolute atomic E-state index is 0.158. The molecule has 4 aliphatic rings. The second kappa shape index (κ2) is 22.9. The Balaban J connectivity index is 0.000000269. The number of nitro groups is 4. The molecule has 2 aromatic carbocycles. The Labute approximate surface area is 394 Å². The number of nitrogens with zero attached hydrogens (tertiary/aromatic N) is 4. The van der Waals surface area contributed by atoms with Crippen LogP contribution in [0.5, 0.6) is 34.5 Å². The number of Topliss-reactive ketones (excluding diaryl/α,β-unsaturated/α-hetero) is 1. The maximum Gasteiger partial charge on any atom is 0.313 e. The van der Waals surface area contributed by atoms with Gasteiger partial charge in [0.05, 0.1) is 25.7 Å². The molecule has 7 unspecified atom stereocenters. The largest absolute Gasteiger partial charge is 0.507 e. The van der Waals surface area contributed by atoms with Gasteiger partial charge in [0.25, 0.3) is 0 Å². The predicted octanol–water partition coefficient (Wildman–Crippen LogP) is 1.36. The van der Waals surface area contributed by atoms with Gasteiger partial charge in [0.2, 0.25) is 26.2 Å². The maximum absolute atomic E-state index is 13.6. The molecule has 0 amide bonds. The van der Waals surface area contributed by atoms with Crippen LogP contribution in [-0.4, -0.2) is 156 Å². The van der Waals surface area contributed by atoms with Crippen LogP contribution in [0.25, 0.3) is 6.08 Å². The van der Waals surface area contributed by atoms with Gasteiger partial charge in [-0.25, -0.2) is 0 Å². The Hall–Kier alpha value is -7.95. The number of benzene rings is 2. The van der Waals surface area contributed by atoms with Gasteiger partial charge in [-0.3, -0.25) is 64.4 Å². The molecular weight excluding hydrogens is 948 g/mol. The molecular formula is C41H46N4O25. The number of ether oxygens (including phenoxy) is 10. The number of rotatable bonds is 19. The number of aromatic hydroxyl groups is 1. The number of carbonyl (C=O) groups is 5. The molecule has 29 heteroatoms. The van der Waals surface area contributed by atoms with E-state index < -0.39 is 150 Å².